The lowest BCUT2D eigenvalue weighted by atomic mass is 9.97. The fourth-order valence-electron chi connectivity index (χ4n) is 2.38. The van der Waals surface area contributed by atoms with Gasteiger partial charge in [0.15, 0.2) is 0 Å². The molecule has 1 saturated heterocycles. The summed E-state index contributed by atoms with van der Waals surface area (Å²) in [6.45, 7) is 0.679. The molecule has 1 fully saturated rings. The molecule has 1 heterocycles. The van der Waals surface area contributed by atoms with Gasteiger partial charge in [0.05, 0.1) is 12.2 Å². The van der Waals surface area contributed by atoms with Crippen LogP contribution in [0, 0.1) is 0 Å². The minimum Gasteiger partial charge on any atom is -0.478 e. The number of rotatable bonds is 5. The second kappa shape index (κ2) is 7.58. The first kappa shape index (κ1) is 18.1. The molecule has 1 aromatic rings. The number of amides is 1. The molecule has 0 unspecified atom stereocenters. The van der Waals surface area contributed by atoms with Crippen molar-refractivity contribution in [2.24, 2.45) is 0 Å². The Labute approximate surface area is 137 Å². The highest BCUT2D eigenvalue weighted by atomic mass is 16.7. The average Bonchev–Trinajstić information content (AvgIpc) is 2.54. The minimum atomic E-state index is -1.41. The van der Waals surface area contributed by atoms with E-state index in [4.69, 9.17) is 14.6 Å². The van der Waals surface area contributed by atoms with Gasteiger partial charge < -0.3 is 35.2 Å². The highest BCUT2D eigenvalue weighted by Gasteiger charge is 2.46. The quantitative estimate of drug-likeness (QED) is 0.445. The first-order valence-corrected chi connectivity index (χ1v) is 7.23. The van der Waals surface area contributed by atoms with Gasteiger partial charge in [-0.25, -0.2) is 4.79 Å². The van der Waals surface area contributed by atoms with Crippen LogP contribution in [0.5, 0.6) is 5.75 Å². The number of ether oxygens (including phenoxy) is 2. The number of carbonyl (C=O) groups excluding carboxylic acids is 1. The number of nitrogens with one attached hydrogen (secondary N) is 1. The van der Waals surface area contributed by atoms with Gasteiger partial charge in [0, 0.05) is 6.92 Å². The fraction of sp³-hybridized carbons (Fsp3) is 0.467. The van der Waals surface area contributed by atoms with Crippen LogP contribution in [-0.4, -0.2) is 69.6 Å². The van der Waals surface area contributed by atoms with Crippen molar-refractivity contribution in [1.29, 1.82) is 0 Å². The van der Waals surface area contributed by atoms with Crippen molar-refractivity contribution in [3.63, 3.8) is 0 Å². The number of aromatic carboxylic acids is 1. The van der Waals surface area contributed by atoms with E-state index in [0.29, 0.717) is 0 Å². The molecule has 1 aliphatic rings. The van der Waals surface area contributed by atoms with Gasteiger partial charge in [-0.05, 0) is 24.3 Å². The predicted octanol–water partition coefficient (Wildman–Crippen LogP) is -1.29. The van der Waals surface area contributed by atoms with E-state index in [-0.39, 0.29) is 11.3 Å². The summed E-state index contributed by atoms with van der Waals surface area (Å²) >= 11 is 0. The Balaban J connectivity index is 2.19. The lowest BCUT2D eigenvalue weighted by Gasteiger charge is -2.42. The molecular formula is C15H19NO8. The Kier molecular flexibility index (Phi) is 5.73. The number of hydrogen-bond donors (Lipinski definition) is 5. The highest BCUT2D eigenvalue weighted by Crippen LogP contribution is 2.24. The maximum Gasteiger partial charge on any atom is 0.335 e. The highest BCUT2D eigenvalue weighted by molar-refractivity contribution is 5.87. The third-order valence-electron chi connectivity index (χ3n) is 3.60. The molecule has 0 saturated carbocycles. The van der Waals surface area contributed by atoms with Crippen LogP contribution in [0.15, 0.2) is 24.3 Å². The van der Waals surface area contributed by atoms with E-state index in [1.165, 1.54) is 31.2 Å². The van der Waals surface area contributed by atoms with Gasteiger partial charge in [-0.15, -0.1) is 0 Å². The average molecular weight is 341 g/mol. The van der Waals surface area contributed by atoms with Gasteiger partial charge in [0.2, 0.25) is 12.2 Å². The van der Waals surface area contributed by atoms with E-state index in [1.807, 2.05) is 0 Å². The largest absolute Gasteiger partial charge is 0.478 e. The van der Waals surface area contributed by atoms with E-state index >= 15 is 0 Å². The Morgan fingerprint density at radius 3 is 2.33 bits per heavy atom. The SMILES string of the molecule is CC(=O)N[C@H]1[C@@H](Oc2ccc(C(=O)O)cc2)O[C@H](CO)[C@H](O)[C@H]1O. The Bertz CT molecular complexity index is 590. The molecule has 1 aliphatic heterocycles. The van der Waals surface area contributed by atoms with Crippen LogP contribution in [0.4, 0.5) is 0 Å². The molecule has 1 amide bonds. The second-order valence-corrected chi connectivity index (χ2v) is 5.38. The molecule has 1 aromatic carbocycles. The molecule has 0 aromatic heterocycles. The topological polar surface area (TPSA) is 146 Å². The molecule has 0 radical (unpaired) electrons. The van der Waals surface area contributed by atoms with Crippen molar-refractivity contribution in [3.8, 4) is 5.75 Å². The molecule has 5 atom stereocenters. The Hall–Kier alpha value is -2.20. The molecule has 5 N–H and O–H groups in total. The number of aliphatic hydroxyl groups is 3. The van der Waals surface area contributed by atoms with Gasteiger partial charge in [0.25, 0.3) is 0 Å². The molecule has 2 rings (SSSR count). The summed E-state index contributed by atoms with van der Waals surface area (Å²) in [5, 5.41) is 40.6. The van der Waals surface area contributed by atoms with Crippen LogP contribution in [0.25, 0.3) is 0 Å². The number of carboxylic acids is 1. The third-order valence-corrected chi connectivity index (χ3v) is 3.60. The smallest absolute Gasteiger partial charge is 0.335 e. The Morgan fingerprint density at radius 2 is 1.83 bits per heavy atom. The van der Waals surface area contributed by atoms with Gasteiger partial charge in [-0.2, -0.15) is 0 Å². The van der Waals surface area contributed by atoms with E-state index in [2.05, 4.69) is 5.32 Å². The third kappa shape index (κ3) is 4.01. The van der Waals surface area contributed by atoms with Crippen molar-refractivity contribution < 1.29 is 39.5 Å². The summed E-state index contributed by atoms with van der Waals surface area (Å²) in [7, 11) is 0. The van der Waals surface area contributed by atoms with E-state index in [0.717, 1.165) is 0 Å². The van der Waals surface area contributed by atoms with Crippen molar-refractivity contribution in [2.75, 3.05) is 6.61 Å². The van der Waals surface area contributed by atoms with Gasteiger partial charge in [-0.3, -0.25) is 4.79 Å². The maximum atomic E-state index is 11.3. The van der Waals surface area contributed by atoms with Crippen LogP contribution in [-0.2, 0) is 9.53 Å². The summed E-state index contributed by atoms with van der Waals surface area (Å²) in [5.74, 6) is -1.32. The van der Waals surface area contributed by atoms with Crippen molar-refractivity contribution in [2.45, 2.75) is 37.6 Å². The van der Waals surface area contributed by atoms with Crippen LogP contribution in [0.3, 0.4) is 0 Å². The number of hydrogen-bond acceptors (Lipinski definition) is 7. The lowest BCUT2D eigenvalue weighted by molar-refractivity contribution is -0.244. The molecule has 0 spiro atoms. The van der Waals surface area contributed by atoms with E-state index < -0.39 is 49.1 Å². The summed E-state index contributed by atoms with van der Waals surface area (Å²) in [5.41, 5.74) is 0.0639. The summed E-state index contributed by atoms with van der Waals surface area (Å²) in [4.78, 5) is 22.1. The zero-order valence-corrected chi connectivity index (χ0v) is 12.8. The molecule has 24 heavy (non-hydrogen) atoms. The van der Waals surface area contributed by atoms with Crippen LogP contribution < -0.4 is 10.1 Å². The van der Waals surface area contributed by atoms with Crippen molar-refractivity contribution in [1.82, 2.24) is 5.32 Å². The first-order chi connectivity index (χ1) is 11.3. The molecular weight excluding hydrogens is 322 g/mol. The normalized spacial score (nSPS) is 29.8. The predicted molar refractivity (Wildman–Crippen MR) is 79.4 cm³/mol. The molecule has 0 bridgehead atoms. The maximum absolute atomic E-state index is 11.3. The monoisotopic (exact) mass is 341 g/mol. The number of benzene rings is 1. The first-order valence-electron chi connectivity index (χ1n) is 7.23. The summed E-state index contributed by atoms with van der Waals surface area (Å²) in [6, 6.07) is 4.36. The lowest BCUT2D eigenvalue weighted by Crippen LogP contribution is -2.65. The molecule has 0 aliphatic carbocycles. The van der Waals surface area contributed by atoms with Crippen molar-refractivity contribution >= 4 is 11.9 Å². The molecule has 9 heteroatoms. The number of aliphatic hydroxyl groups excluding tert-OH is 3. The van der Waals surface area contributed by atoms with Gasteiger partial charge in [0.1, 0.15) is 30.1 Å². The molecule has 132 valence electrons. The van der Waals surface area contributed by atoms with E-state index in [1.54, 1.807) is 0 Å². The fourth-order valence-corrected chi connectivity index (χ4v) is 2.38. The number of carboxylic acid groups (broad SMARTS) is 1. The molecule has 9 nitrogen and oxygen atoms in total. The van der Waals surface area contributed by atoms with Gasteiger partial charge >= 0.3 is 5.97 Å². The standard InChI is InChI=1S/C15H19NO8/c1-7(18)16-11-13(20)12(19)10(6-17)24-15(11)23-9-4-2-8(3-5-9)14(21)22/h2-5,10-13,15,17,19-20H,6H2,1H3,(H,16,18)(H,21,22)/t10-,11-,12+,13+,15+/m1/s1. The number of carbonyl (C=O) groups is 2. The summed E-state index contributed by atoms with van der Waals surface area (Å²) in [6.07, 6.45) is -5.09. The van der Waals surface area contributed by atoms with E-state index in [9.17, 15) is 24.9 Å². The van der Waals surface area contributed by atoms with Gasteiger partial charge in [-0.1, -0.05) is 0 Å². The zero-order chi connectivity index (χ0) is 17.9. The second-order valence-electron chi connectivity index (χ2n) is 5.38. The zero-order valence-electron chi connectivity index (χ0n) is 12.8. The minimum absolute atomic E-state index is 0.0639. The summed E-state index contributed by atoms with van der Waals surface area (Å²) < 4.78 is 10.9. The van der Waals surface area contributed by atoms with Crippen molar-refractivity contribution in [3.05, 3.63) is 29.8 Å². The Morgan fingerprint density at radius 1 is 1.21 bits per heavy atom. The van der Waals surface area contributed by atoms with Crippen LogP contribution >= 0.6 is 0 Å². The van der Waals surface area contributed by atoms with Crippen LogP contribution in [0.2, 0.25) is 0 Å². The van der Waals surface area contributed by atoms with Crippen LogP contribution in [0.1, 0.15) is 17.3 Å².